The molecule has 0 spiro atoms. The Kier molecular flexibility index (Phi) is 7.42. The summed E-state index contributed by atoms with van der Waals surface area (Å²) < 4.78 is 30.0. The second-order valence-corrected chi connectivity index (χ2v) is 10.3. The molecule has 0 saturated heterocycles. The molecule has 1 aliphatic rings. The van der Waals surface area contributed by atoms with Crippen molar-refractivity contribution in [1.82, 2.24) is 19.5 Å². The minimum absolute atomic E-state index is 0.179. The lowest BCUT2D eigenvalue weighted by atomic mass is 9.91. The van der Waals surface area contributed by atoms with Crippen LogP contribution in [0.2, 0.25) is 5.02 Å². The van der Waals surface area contributed by atoms with Gasteiger partial charge in [-0.2, -0.15) is 0 Å². The highest BCUT2D eigenvalue weighted by molar-refractivity contribution is 7.99. The van der Waals surface area contributed by atoms with Crippen LogP contribution >= 0.6 is 23.4 Å². The van der Waals surface area contributed by atoms with Crippen molar-refractivity contribution in [3.05, 3.63) is 35.1 Å². The molecule has 0 radical (unpaired) electrons. The fourth-order valence-electron chi connectivity index (χ4n) is 3.54. The minimum Gasteiger partial charge on any atom is -0.305 e. The summed E-state index contributed by atoms with van der Waals surface area (Å²) in [6.45, 7) is 4.51. The zero-order valence-corrected chi connectivity index (χ0v) is 18.7. The van der Waals surface area contributed by atoms with Gasteiger partial charge >= 0.3 is 0 Å². The Morgan fingerprint density at radius 3 is 2.54 bits per heavy atom. The van der Waals surface area contributed by atoms with Gasteiger partial charge in [0, 0.05) is 17.3 Å². The predicted octanol–water partition coefficient (Wildman–Crippen LogP) is 4.66. The van der Waals surface area contributed by atoms with E-state index in [-0.39, 0.29) is 4.90 Å². The molecule has 1 aromatic heterocycles. The van der Waals surface area contributed by atoms with Crippen LogP contribution in [0.1, 0.15) is 57.8 Å². The summed E-state index contributed by atoms with van der Waals surface area (Å²) in [6, 6.07) is 5.63. The van der Waals surface area contributed by atoms with Crippen LogP contribution in [0.3, 0.4) is 0 Å². The van der Waals surface area contributed by atoms with Gasteiger partial charge in [-0.25, -0.2) is 13.1 Å². The number of thioether (sulfide) groups is 1. The van der Waals surface area contributed by atoms with Gasteiger partial charge < -0.3 is 4.57 Å². The number of hydrogen-bond donors (Lipinski definition) is 1. The molecule has 2 aromatic rings. The van der Waals surface area contributed by atoms with Gasteiger partial charge in [-0.1, -0.05) is 42.6 Å². The Morgan fingerprint density at radius 1 is 1.21 bits per heavy atom. The number of hydrogen-bond acceptors (Lipinski definition) is 5. The highest BCUT2D eigenvalue weighted by Crippen LogP contribution is 2.30. The second-order valence-electron chi connectivity index (χ2n) is 7.20. The molecule has 6 nitrogen and oxygen atoms in total. The standard InChI is InChI=1S/C19H27ClN4O2S2/c1-3-24-18(21-22-19(24)27-13-15-7-5-4-6-8-15)14(2)23-28(25,26)17-11-9-16(20)10-12-17/h9-12,14-15,23H,3-8,13H2,1-2H3/t14-/m1/s1. The lowest BCUT2D eigenvalue weighted by molar-refractivity contribution is 0.390. The van der Waals surface area contributed by atoms with Crippen LogP contribution in [0, 0.1) is 5.92 Å². The summed E-state index contributed by atoms with van der Waals surface area (Å²) >= 11 is 7.58. The Hall–Kier alpha value is -1.09. The van der Waals surface area contributed by atoms with E-state index in [2.05, 4.69) is 14.9 Å². The molecule has 3 rings (SSSR count). The van der Waals surface area contributed by atoms with E-state index in [9.17, 15) is 8.42 Å². The van der Waals surface area contributed by atoms with Crippen molar-refractivity contribution in [2.24, 2.45) is 5.92 Å². The van der Waals surface area contributed by atoms with Crippen LogP contribution in [0.4, 0.5) is 0 Å². The van der Waals surface area contributed by atoms with E-state index in [1.54, 1.807) is 30.8 Å². The number of benzene rings is 1. The first-order chi connectivity index (χ1) is 13.4. The summed E-state index contributed by atoms with van der Waals surface area (Å²) in [7, 11) is -3.67. The monoisotopic (exact) mass is 442 g/mol. The summed E-state index contributed by atoms with van der Waals surface area (Å²) in [4.78, 5) is 0.179. The van der Waals surface area contributed by atoms with Crippen LogP contribution in [0.25, 0.3) is 0 Å². The van der Waals surface area contributed by atoms with Crippen molar-refractivity contribution in [2.45, 2.75) is 68.6 Å². The van der Waals surface area contributed by atoms with Crippen molar-refractivity contribution in [2.75, 3.05) is 5.75 Å². The van der Waals surface area contributed by atoms with E-state index in [1.807, 2.05) is 11.5 Å². The van der Waals surface area contributed by atoms with Crippen molar-refractivity contribution in [1.29, 1.82) is 0 Å². The maximum Gasteiger partial charge on any atom is 0.241 e. The van der Waals surface area contributed by atoms with E-state index < -0.39 is 16.1 Å². The first kappa shape index (κ1) is 21.6. The second kappa shape index (κ2) is 9.61. The zero-order valence-electron chi connectivity index (χ0n) is 16.3. The molecule has 1 fully saturated rings. The number of halogens is 1. The molecular weight excluding hydrogens is 416 g/mol. The molecule has 1 N–H and O–H groups in total. The third-order valence-electron chi connectivity index (χ3n) is 5.08. The predicted molar refractivity (Wildman–Crippen MR) is 113 cm³/mol. The minimum atomic E-state index is -3.67. The fraction of sp³-hybridized carbons (Fsp3) is 0.579. The highest BCUT2D eigenvalue weighted by atomic mass is 35.5. The van der Waals surface area contributed by atoms with Crippen LogP contribution in [-0.2, 0) is 16.6 Å². The Morgan fingerprint density at radius 2 is 1.89 bits per heavy atom. The van der Waals surface area contributed by atoms with Crippen LogP contribution in [0.15, 0.2) is 34.3 Å². The molecule has 1 atom stereocenters. The molecule has 0 bridgehead atoms. The topological polar surface area (TPSA) is 76.9 Å². The van der Waals surface area contributed by atoms with Crippen molar-refractivity contribution < 1.29 is 8.42 Å². The molecule has 0 aliphatic heterocycles. The van der Waals surface area contributed by atoms with Crippen molar-refractivity contribution >= 4 is 33.4 Å². The number of aromatic nitrogens is 3. The van der Waals surface area contributed by atoms with Gasteiger partial charge in [0.1, 0.15) is 0 Å². The molecule has 1 saturated carbocycles. The molecule has 154 valence electrons. The third-order valence-corrected chi connectivity index (χ3v) is 8.08. The molecule has 0 unspecified atom stereocenters. The van der Waals surface area contributed by atoms with Gasteiger partial charge in [-0.15, -0.1) is 10.2 Å². The molecule has 0 amide bonds. The number of sulfonamides is 1. The average Bonchev–Trinajstić information content (AvgIpc) is 3.10. The van der Waals surface area contributed by atoms with E-state index in [4.69, 9.17) is 11.6 Å². The first-order valence-electron chi connectivity index (χ1n) is 9.74. The summed E-state index contributed by atoms with van der Waals surface area (Å²) in [5, 5.41) is 9.98. The van der Waals surface area contributed by atoms with E-state index in [0.29, 0.717) is 17.4 Å². The molecular formula is C19H27ClN4O2S2. The number of nitrogens with zero attached hydrogens (tertiary/aromatic N) is 3. The Labute approximate surface area is 176 Å². The van der Waals surface area contributed by atoms with Gasteiger partial charge in [0.15, 0.2) is 11.0 Å². The summed E-state index contributed by atoms with van der Waals surface area (Å²) in [6.07, 6.45) is 6.57. The molecule has 1 heterocycles. The highest BCUT2D eigenvalue weighted by Gasteiger charge is 2.24. The van der Waals surface area contributed by atoms with Gasteiger partial charge in [0.2, 0.25) is 10.0 Å². The number of rotatable bonds is 8. The van der Waals surface area contributed by atoms with Gasteiger partial charge in [-0.05, 0) is 56.9 Å². The Bertz CT molecular complexity index is 878. The normalized spacial score (nSPS) is 17.0. The van der Waals surface area contributed by atoms with Gasteiger partial charge in [0.05, 0.1) is 10.9 Å². The fourth-order valence-corrected chi connectivity index (χ4v) is 6.06. The van der Waals surface area contributed by atoms with Gasteiger partial charge in [-0.3, -0.25) is 0 Å². The number of nitrogens with one attached hydrogen (secondary N) is 1. The SMILES string of the molecule is CCn1c(SCC2CCCCC2)nnc1[C@@H](C)NS(=O)(=O)c1ccc(Cl)cc1. The lowest BCUT2D eigenvalue weighted by Gasteiger charge is -2.21. The largest absolute Gasteiger partial charge is 0.305 e. The zero-order chi connectivity index (χ0) is 20.1. The van der Waals surface area contributed by atoms with E-state index >= 15 is 0 Å². The third kappa shape index (κ3) is 5.28. The summed E-state index contributed by atoms with van der Waals surface area (Å²) in [5.41, 5.74) is 0. The molecule has 1 aliphatic carbocycles. The van der Waals surface area contributed by atoms with E-state index in [1.165, 1.54) is 44.2 Å². The summed E-state index contributed by atoms with van der Waals surface area (Å²) in [5.74, 6) is 2.42. The first-order valence-corrected chi connectivity index (χ1v) is 12.6. The van der Waals surface area contributed by atoms with Crippen molar-refractivity contribution in [3.8, 4) is 0 Å². The lowest BCUT2D eigenvalue weighted by Crippen LogP contribution is -2.29. The van der Waals surface area contributed by atoms with Gasteiger partial charge in [0.25, 0.3) is 0 Å². The quantitative estimate of drug-likeness (QED) is 0.601. The molecule has 9 heteroatoms. The smallest absolute Gasteiger partial charge is 0.241 e. The van der Waals surface area contributed by atoms with E-state index in [0.717, 1.165) is 16.8 Å². The molecule has 1 aromatic carbocycles. The van der Waals surface area contributed by atoms with Crippen LogP contribution in [0.5, 0.6) is 0 Å². The van der Waals surface area contributed by atoms with Crippen LogP contribution in [-0.4, -0.2) is 28.9 Å². The Balaban J connectivity index is 1.70. The maximum atomic E-state index is 12.6. The average molecular weight is 443 g/mol. The van der Waals surface area contributed by atoms with Crippen molar-refractivity contribution in [3.63, 3.8) is 0 Å². The van der Waals surface area contributed by atoms with Crippen LogP contribution < -0.4 is 4.72 Å². The molecule has 28 heavy (non-hydrogen) atoms. The maximum absolute atomic E-state index is 12.6.